The summed E-state index contributed by atoms with van der Waals surface area (Å²) in [5.74, 6) is 0.162. The molecule has 0 aliphatic carbocycles. The van der Waals surface area contributed by atoms with Gasteiger partial charge >= 0.3 is 0 Å². The van der Waals surface area contributed by atoms with Crippen molar-refractivity contribution >= 4 is 11.8 Å². The molecular weight excluding hydrogens is 205 g/mol. The summed E-state index contributed by atoms with van der Waals surface area (Å²) in [6.07, 6.45) is 2.97. The number of allylic oxidation sites excluding steroid dienone is 1. The first-order valence-electron chi connectivity index (χ1n) is 4.70. The monoisotopic (exact) mass is 219 g/mol. The molecule has 0 unspecified atom stereocenters. The summed E-state index contributed by atoms with van der Waals surface area (Å²) in [6.45, 7) is 10.8. The van der Waals surface area contributed by atoms with Gasteiger partial charge in [-0.3, -0.25) is 0 Å². The summed E-state index contributed by atoms with van der Waals surface area (Å²) in [7, 11) is 1.52. The highest BCUT2D eigenvalue weighted by molar-refractivity contribution is 5.65. The lowest BCUT2D eigenvalue weighted by atomic mass is 10.1. The minimum atomic E-state index is -0.366. The van der Waals surface area contributed by atoms with Crippen LogP contribution in [0, 0.1) is 5.82 Å². The van der Waals surface area contributed by atoms with Gasteiger partial charge in [-0.05, 0) is 12.1 Å². The van der Waals surface area contributed by atoms with Crippen LogP contribution in [0.1, 0.15) is 5.56 Å². The summed E-state index contributed by atoms with van der Waals surface area (Å²) in [6, 6.07) is 2.91. The Balaban J connectivity index is 3.17. The molecule has 0 fully saturated rings. The van der Waals surface area contributed by atoms with E-state index >= 15 is 0 Å². The highest BCUT2D eigenvalue weighted by atomic mass is 19.1. The average molecular weight is 219 g/mol. The van der Waals surface area contributed by atoms with Crippen molar-refractivity contribution in [2.24, 2.45) is 0 Å². The maximum atomic E-state index is 13.5. The van der Waals surface area contributed by atoms with Gasteiger partial charge in [-0.2, -0.15) is 0 Å². The van der Waals surface area contributed by atoms with Crippen LogP contribution in [0.15, 0.2) is 43.6 Å². The zero-order valence-electron chi connectivity index (χ0n) is 9.22. The zero-order chi connectivity index (χ0) is 12.1. The summed E-state index contributed by atoms with van der Waals surface area (Å²) >= 11 is 0. The van der Waals surface area contributed by atoms with E-state index < -0.39 is 0 Å². The molecule has 0 heterocycles. The van der Waals surface area contributed by atoms with Gasteiger partial charge < -0.3 is 10.1 Å². The maximum Gasteiger partial charge on any atom is 0.143 e. The third-order valence-electron chi connectivity index (χ3n) is 2.08. The topological polar surface area (TPSA) is 21.3 Å². The van der Waals surface area contributed by atoms with E-state index in [0.29, 0.717) is 22.7 Å². The zero-order valence-corrected chi connectivity index (χ0v) is 9.22. The molecule has 0 aromatic heterocycles. The van der Waals surface area contributed by atoms with Gasteiger partial charge in [0.1, 0.15) is 11.6 Å². The van der Waals surface area contributed by atoms with Crippen molar-refractivity contribution in [3.8, 4) is 5.75 Å². The van der Waals surface area contributed by atoms with Crippen molar-refractivity contribution in [1.29, 1.82) is 0 Å². The van der Waals surface area contributed by atoms with Crippen LogP contribution in [0.2, 0.25) is 0 Å². The van der Waals surface area contributed by atoms with E-state index in [9.17, 15) is 4.39 Å². The second-order valence-electron chi connectivity index (χ2n) is 3.13. The second-order valence-corrected chi connectivity index (χ2v) is 3.13. The quantitative estimate of drug-likeness (QED) is 0.764. The molecule has 1 aromatic carbocycles. The Kier molecular flexibility index (Phi) is 3.89. The lowest BCUT2D eigenvalue weighted by Crippen LogP contribution is -1.99. The summed E-state index contributed by atoms with van der Waals surface area (Å²) in [5, 5.41) is 2.89. The first-order valence-corrected chi connectivity index (χ1v) is 4.70. The first kappa shape index (κ1) is 12.0. The lowest BCUT2D eigenvalue weighted by molar-refractivity contribution is 0.415. The van der Waals surface area contributed by atoms with Crippen LogP contribution < -0.4 is 10.1 Å². The van der Waals surface area contributed by atoms with Crippen molar-refractivity contribution in [3.63, 3.8) is 0 Å². The molecule has 1 N–H and O–H groups in total. The number of rotatable bonds is 5. The van der Waals surface area contributed by atoms with Crippen LogP contribution in [0.5, 0.6) is 5.75 Å². The van der Waals surface area contributed by atoms with E-state index in [0.717, 1.165) is 0 Å². The van der Waals surface area contributed by atoms with Gasteiger partial charge in [0, 0.05) is 17.3 Å². The molecule has 1 aromatic rings. The van der Waals surface area contributed by atoms with E-state index in [2.05, 4.69) is 25.1 Å². The van der Waals surface area contributed by atoms with Gasteiger partial charge in [0.05, 0.1) is 12.8 Å². The van der Waals surface area contributed by atoms with Crippen molar-refractivity contribution in [1.82, 2.24) is 0 Å². The Hall–Kier alpha value is -2.03. The van der Waals surface area contributed by atoms with Crippen LogP contribution in [0.25, 0.3) is 6.08 Å². The van der Waals surface area contributed by atoms with Crippen molar-refractivity contribution < 1.29 is 9.13 Å². The number of methoxy groups -OCH3 is 1. The van der Waals surface area contributed by atoms with Gasteiger partial charge in [-0.15, -0.1) is 0 Å². The minimum Gasteiger partial charge on any atom is -0.495 e. The Morgan fingerprint density at radius 1 is 1.44 bits per heavy atom. The first-order chi connectivity index (χ1) is 7.62. The molecule has 0 radical (unpaired) electrons. The van der Waals surface area contributed by atoms with E-state index in [-0.39, 0.29) is 5.82 Å². The average Bonchev–Trinajstić information content (AvgIpc) is 2.29. The molecule has 0 aliphatic rings. The maximum absolute atomic E-state index is 13.5. The number of ether oxygens (including phenoxy) is 1. The van der Waals surface area contributed by atoms with Gasteiger partial charge in [-0.25, -0.2) is 4.39 Å². The minimum absolute atomic E-state index is 0.366. The molecule has 2 nitrogen and oxygen atoms in total. The number of hydrogen-bond donors (Lipinski definition) is 1. The molecule has 0 spiro atoms. The summed E-state index contributed by atoms with van der Waals surface area (Å²) < 4.78 is 18.6. The predicted octanol–water partition coefficient (Wildman–Crippen LogP) is 3.59. The highest BCUT2D eigenvalue weighted by Gasteiger charge is 2.08. The third-order valence-corrected chi connectivity index (χ3v) is 2.08. The van der Waals surface area contributed by atoms with Gasteiger partial charge in [-0.1, -0.05) is 25.8 Å². The Bertz CT molecular complexity index is 438. The van der Waals surface area contributed by atoms with Crippen molar-refractivity contribution in [2.75, 3.05) is 12.4 Å². The fraction of sp³-hybridized carbons (Fsp3) is 0.0769. The van der Waals surface area contributed by atoms with Crippen LogP contribution >= 0.6 is 0 Å². The highest BCUT2D eigenvalue weighted by Crippen LogP contribution is 2.29. The molecule has 0 amide bonds. The van der Waals surface area contributed by atoms with E-state index in [1.165, 1.54) is 19.3 Å². The van der Waals surface area contributed by atoms with E-state index in [4.69, 9.17) is 4.74 Å². The SMILES string of the molecule is C=CC(=C)Nc1cc(F)c(C=C)cc1OC. The fourth-order valence-corrected chi connectivity index (χ4v) is 1.22. The van der Waals surface area contributed by atoms with Crippen molar-refractivity contribution in [3.05, 3.63) is 55.0 Å². The lowest BCUT2D eigenvalue weighted by Gasteiger charge is -2.12. The predicted molar refractivity (Wildman–Crippen MR) is 66.0 cm³/mol. The standard InChI is InChI=1S/C13H14FNO/c1-5-9(3)15-12-8-11(14)10(6-2)7-13(12)16-4/h5-8,15H,1-3H2,4H3. The molecule has 0 aliphatic heterocycles. The molecule has 0 saturated carbocycles. The number of hydrogen-bond acceptors (Lipinski definition) is 2. The molecule has 0 saturated heterocycles. The fourth-order valence-electron chi connectivity index (χ4n) is 1.22. The molecule has 1 rings (SSSR count). The number of benzene rings is 1. The Morgan fingerprint density at radius 2 is 2.12 bits per heavy atom. The van der Waals surface area contributed by atoms with Crippen LogP contribution in [0.3, 0.4) is 0 Å². The van der Waals surface area contributed by atoms with Crippen LogP contribution in [0.4, 0.5) is 10.1 Å². The van der Waals surface area contributed by atoms with E-state index in [1.54, 1.807) is 12.1 Å². The van der Waals surface area contributed by atoms with E-state index in [1.807, 2.05) is 0 Å². The smallest absolute Gasteiger partial charge is 0.143 e. The molecule has 0 bridgehead atoms. The molecule has 0 atom stereocenters. The Morgan fingerprint density at radius 3 is 2.62 bits per heavy atom. The third kappa shape index (κ3) is 2.51. The molecular formula is C13H14FNO. The number of anilines is 1. The van der Waals surface area contributed by atoms with Crippen LogP contribution in [-0.4, -0.2) is 7.11 Å². The van der Waals surface area contributed by atoms with Crippen molar-refractivity contribution in [2.45, 2.75) is 0 Å². The largest absolute Gasteiger partial charge is 0.495 e. The molecule has 3 heteroatoms. The van der Waals surface area contributed by atoms with Gasteiger partial charge in [0.15, 0.2) is 0 Å². The summed E-state index contributed by atoms with van der Waals surface area (Å²) in [4.78, 5) is 0. The van der Waals surface area contributed by atoms with Crippen LogP contribution in [-0.2, 0) is 0 Å². The number of halogens is 1. The number of nitrogens with one attached hydrogen (secondary N) is 1. The second kappa shape index (κ2) is 5.16. The Labute approximate surface area is 94.7 Å². The van der Waals surface area contributed by atoms with Gasteiger partial charge in [0.25, 0.3) is 0 Å². The van der Waals surface area contributed by atoms with Gasteiger partial charge in [0.2, 0.25) is 0 Å². The molecule has 84 valence electrons. The summed E-state index contributed by atoms with van der Waals surface area (Å²) in [5.41, 5.74) is 1.48. The normalized spacial score (nSPS) is 9.38. The molecule has 16 heavy (non-hydrogen) atoms.